The second kappa shape index (κ2) is 10.3. The van der Waals surface area contributed by atoms with Crippen molar-refractivity contribution in [2.75, 3.05) is 45.7 Å². The lowest BCUT2D eigenvalue weighted by molar-refractivity contribution is -0.132. The number of hydrogen-bond donors (Lipinski definition) is 1. The van der Waals surface area contributed by atoms with Crippen LogP contribution in [0, 0.1) is 0 Å². The average Bonchev–Trinajstić information content (AvgIpc) is 3.12. The zero-order chi connectivity index (χ0) is 20.6. The maximum Gasteiger partial charge on any atom is 0.251 e. The van der Waals surface area contributed by atoms with Crippen LogP contribution in [-0.4, -0.2) is 77.2 Å². The van der Waals surface area contributed by atoms with Gasteiger partial charge >= 0.3 is 0 Å². The largest absolute Gasteiger partial charge is 0.497 e. The van der Waals surface area contributed by atoms with Crippen LogP contribution in [0.2, 0.25) is 0 Å². The molecule has 0 aliphatic carbocycles. The molecule has 3 rings (SSSR count). The van der Waals surface area contributed by atoms with Crippen LogP contribution in [0.15, 0.2) is 29.4 Å². The number of benzene rings is 1. The van der Waals surface area contributed by atoms with Crippen LogP contribution in [-0.2, 0) is 23.0 Å². The predicted octanol–water partition coefficient (Wildman–Crippen LogP) is 0.747. The number of nitrogens with one attached hydrogen (secondary N) is 1. The van der Waals surface area contributed by atoms with Gasteiger partial charge in [-0.05, 0) is 24.3 Å². The van der Waals surface area contributed by atoms with Gasteiger partial charge in [0.25, 0.3) is 5.91 Å². The molecule has 1 N–H and O–H groups in total. The van der Waals surface area contributed by atoms with Gasteiger partial charge in [0, 0.05) is 38.7 Å². The molecule has 0 bridgehead atoms. The van der Waals surface area contributed by atoms with Gasteiger partial charge in [-0.2, -0.15) is 0 Å². The van der Waals surface area contributed by atoms with Gasteiger partial charge in [0.15, 0.2) is 5.16 Å². The second-order valence-corrected chi connectivity index (χ2v) is 7.42. The van der Waals surface area contributed by atoms with Crippen LogP contribution >= 0.6 is 11.8 Å². The fraction of sp³-hybridized carbons (Fsp3) is 0.474. The second-order valence-electron chi connectivity index (χ2n) is 6.47. The van der Waals surface area contributed by atoms with Crippen molar-refractivity contribution in [2.45, 2.75) is 11.6 Å². The van der Waals surface area contributed by atoms with E-state index in [1.165, 1.54) is 11.8 Å². The normalized spacial score (nSPS) is 13.9. The fourth-order valence-corrected chi connectivity index (χ4v) is 3.68. The Labute approximate surface area is 173 Å². The van der Waals surface area contributed by atoms with Crippen LogP contribution < -0.4 is 10.1 Å². The van der Waals surface area contributed by atoms with Crippen molar-refractivity contribution < 1.29 is 19.1 Å². The molecule has 9 nitrogen and oxygen atoms in total. The number of rotatable bonds is 8. The SMILES string of the molecule is COc1ccc(C(=O)NCCc2nnc(SCC(=O)N3CCOCC3)n2C)cc1. The molecule has 1 fully saturated rings. The summed E-state index contributed by atoms with van der Waals surface area (Å²) in [5.74, 6) is 1.70. The number of amides is 2. The van der Waals surface area contributed by atoms with Gasteiger partial charge in [-0.15, -0.1) is 10.2 Å². The highest BCUT2D eigenvalue weighted by molar-refractivity contribution is 7.99. The molecule has 2 aromatic rings. The van der Waals surface area contributed by atoms with Crippen LogP contribution in [0.5, 0.6) is 5.75 Å². The Morgan fingerprint density at radius 1 is 1.21 bits per heavy atom. The quantitative estimate of drug-likeness (QED) is 0.631. The fourth-order valence-electron chi connectivity index (χ4n) is 2.85. The van der Waals surface area contributed by atoms with Gasteiger partial charge in [0.05, 0.1) is 26.1 Å². The Morgan fingerprint density at radius 2 is 1.93 bits per heavy atom. The molecule has 0 unspecified atom stereocenters. The third-order valence-corrected chi connectivity index (χ3v) is 5.60. The van der Waals surface area contributed by atoms with E-state index in [-0.39, 0.29) is 11.8 Å². The molecule has 0 atom stereocenters. The van der Waals surface area contributed by atoms with Crippen molar-refractivity contribution in [1.29, 1.82) is 0 Å². The Bertz CT molecular complexity index is 834. The molecule has 2 amide bonds. The van der Waals surface area contributed by atoms with Crippen LogP contribution in [0.4, 0.5) is 0 Å². The summed E-state index contributed by atoms with van der Waals surface area (Å²) in [4.78, 5) is 26.3. The van der Waals surface area contributed by atoms with Crippen LogP contribution in [0.3, 0.4) is 0 Å². The summed E-state index contributed by atoms with van der Waals surface area (Å²) < 4.78 is 12.2. The van der Waals surface area contributed by atoms with Gasteiger partial charge in [-0.3, -0.25) is 9.59 Å². The van der Waals surface area contributed by atoms with E-state index >= 15 is 0 Å². The minimum absolute atomic E-state index is 0.0783. The molecule has 29 heavy (non-hydrogen) atoms. The summed E-state index contributed by atoms with van der Waals surface area (Å²) in [7, 11) is 3.45. The number of carbonyl (C=O) groups is 2. The summed E-state index contributed by atoms with van der Waals surface area (Å²) in [5, 5.41) is 11.9. The molecule has 10 heteroatoms. The molecule has 1 aliphatic rings. The topological polar surface area (TPSA) is 98.6 Å². The minimum atomic E-state index is -0.152. The molecule has 156 valence electrons. The molecule has 1 aromatic heterocycles. The predicted molar refractivity (Wildman–Crippen MR) is 108 cm³/mol. The molecule has 2 heterocycles. The molecule has 0 saturated carbocycles. The summed E-state index contributed by atoms with van der Waals surface area (Å²) in [5.41, 5.74) is 0.571. The highest BCUT2D eigenvalue weighted by Crippen LogP contribution is 2.17. The van der Waals surface area contributed by atoms with Gasteiger partial charge in [-0.25, -0.2) is 0 Å². The number of aromatic nitrogens is 3. The standard InChI is InChI=1S/C19H25N5O4S/c1-23-16(7-8-20-18(26)14-3-5-15(27-2)6-4-14)21-22-19(23)29-13-17(25)24-9-11-28-12-10-24/h3-6H,7-13H2,1-2H3,(H,20,26). The molecule has 0 spiro atoms. The maximum absolute atomic E-state index is 12.2. The van der Waals surface area contributed by atoms with Crippen molar-refractivity contribution in [2.24, 2.45) is 7.05 Å². The third-order valence-electron chi connectivity index (χ3n) is 4.60. The highest BCUT2D eigenvalue weighted by Gasteiger charge is 2.18. The summed E-state index contributed by atoms with van der Waals surface area (Å²) in [6, 6.07) is 6.94. The first-order valence-corrected chi connectivity index (χ1v) is 10.4. The van der Waals surface area contributed by atoms with E-state index in [0.29, 0.717) is 61.5 Å². The first kappa shape index (κ1) is 21.1. The Kier molecular flexibility index (Phi) is 7.48. The summed E-state index contributed by atoms with van der Waals surface area (Å²) in [6.07, 6.45) is 0.545. The number of methoxy groups -OCH3 is 1. The maximum atomic E-state index is 12.2. The van der Waals surface area contributed by atoms with Crippen molar-refractivity contribution in [3.63, 3.8) is 0 Å². The van der Waals surface area contributed by atoms with Crippen LogP contribution in [0.25, 0.3) is 0 Å². The first-order chi connectivity index (χ1) is 14.1. The van der Waals surface area contributed by atoms with Crippen molar-refractivity contribution in [1.82, 2.24) is 25.0 Å². The number of ether oxygens (including phenoxy) is 2. The minimum Gasteiger partial charge on any atom is -0.497 e. The van der Waals surface area contributed by atoms with Crippen molar-refractivity contribution >= 4 is 23.6 Å². The van der Waals surface area contributed by atoms with E-state index in [4.69, 9.17) is 9.47 Å². The van der Waals surface area contributed by atoms with Gasteiger partial charge in [0.2, 0.25) is 5.91 Å². The summed E-state index contributed by atoms with van der Waals surface area (Å²) >= 11 is 1.37. The molecule has 1 saturated heterocycles. The highest BCUT2D eigenvalue weighted by atomic mass is 32.2. The third kappa shape index (κ3) is 5.70. The lowest BCUT2D eigenvalue weighted by Gasteiger charge is -2.26. The average molecular weight is 420 g/mol. The van der Waals surface area contributed by atoms with E-state index in [0.717, 1.165) is 5.82 Å². The number of morpholine rings is 1. The van der Waals surface area contributed by atoms with E-state index in [9.17, 15) is 9.59 Å². The summed E-state index contributed by atoms with van der Waals surface area (Å²) in [6.45, 7) is 2.89. The lowest BCUT2D eigenvalue weighted by atomic mass is 10.2. The molecular formula is C19H25N5O4S. The number of hydrogen-bond acceptors (Lipinski definition) is 7. The zero-order valence-electron chi connectivity index (χ0n) is 16.6. The molecule has 1 aromatic carbocycles. The smallest absolute Gasteiger partial charge is 0.251 e. The van der Waals surface area contributed by atoms with Crippen molar-refractivity contribution in [3.8, 4) is 5.75 Å². The van der Waals surface area contributed by atoms with Gasteiger partial charge < -0.3 is 24.3 Å². The number of thioether (sulfide) groups is 1. The van der Waals surface area contributed by atoms with Gasteiger partial charge in [-0.1, -0.05) is 11.8 Å². The molecular weight excluding hydrogens is 394 g/mol. The van der Waals surface area contributed by atoms with E-state index in [2.05, 4.69) is 15.5 Å². The molecule has 1 aliphatic heterocycles. The zero-order valence-corrected chi connectivity index (χ0v) is 17.4. The Balaban J connectivity index is 1.45. The van der Waals surface area contributed by atoms with E-state index in [1.54, 1.807) is 31.4 Å². The number of carbonyl (C=O) groups excluding carboxylic acids is 2. The lowest BCUT2D eigenvalue weighted by Crippen LogP contribution is -2.41. The van der Waals surface area contributed by atoms with E-state index < -0.39 is 0 Å². The van der Waals surface area contributed by atoms with Gasteiger partial charge in [0.1, 0.15) is 11.6 Å². The van der Waals surface area contributed by atoms with Crippen molar-refractivity contribution in [3.05, 3.63) is 35.7 Å². The first-order valence-electron chi connectivity index (χ1n) is 9.37. The van der Waals surface area contributed by atoms with E-state index in [1.807, 2.05) is 16.5 Å². The molecule has 0 radical (unpaired) electrons. The Morgan fingerprint density at radius 3 is 2.62 bits per heavy atom. The monoisotopic (exact) mass is 419 g/mol. The Hall–Kier alpha value is -2.59. The number of nitrogens with zero attached hydrogens (tertiary/aromatic N) is 4. The van der Waals surface area contributed by atoms with Crippen LogP contribution in [0.1, 0.15) is 16.2 Å².